The Kier molecular flexibility index (Phi) is 5.64. The Balaban J connectivity index is 1.56. The van der Waals surface area contributed by atoms with Gasteiger partial charge in [-0.05, 0) is 31.2 Å². The summed E-state index contributed by atoms with van der Waals surface area (Å²) in [7, 11) is 0. The minimum atomic E-state index is -0.288. The van der Waals surface area contributed by atoms with Crippen LogP contribution in [-0.4, -0.2) is 53.0 Å². The van der Waals surface area contributed by atoms with E-state index in [-0.39, 0.29) is 11.8 Å². The molecule has 0 atom stereocenters. The third-order valence-corrected chi connectivity index (χ3v) is 5.77. The predicted octanol–water partition coefficient (Wildman–Crippen LogP) is 3.24. The first-order valence-corrected chi connectivity index (χ1v) is 10.1. The number of para-hydroxylation sites is 1. The number of rotatable bonds is 4. The summed E-state index contributed by atoms with van der Waals surface area (Å²) in [5, 5.41) is 3.57. The molecule has 4 rings (SSSR count). The van der Waals surface area contributed by atoms with Crippen molar-refractivity contribution in [3.05, 3.63) is 64.8 Å². The number of aryl methyl sites for hydroxylation is 1. The van der Waals surface area contributed by atoms with Gasteiger partial charge in [0.25, 0.3) is 11.8 Å². The summed E-state index contributed by atoms with van der Waals surface area (Å²) < 4.78 is 5.32. The van der Waals surface area contributed by atoms with Gasteiger partial charge in [-0.15, -0.1) is 11.3 Å². The van der Waals surface area contributed by atoms with Gasteiger partial charge in [0.15, 0.2) is 0 Å². The van der Waals surface area contributed by atoms with E-state index in [1.165, 1.54) is 11.3 Å². The van der Waals surface area contributed by atoms with Crippen LogP contribution in [0.2, 0.25) is 0 Å². The normalized spacial score (nSPS) is 13.9. The summed E-state index contributed by atoms with van der Waals surface area (Å²) in [4.78, 5) is 36.8. The molecule has 0 radical (unpaired) electrons. The lowest BCUT2D eigenvalue weighted by Crippen LogP contribution is -2.41. The van der Waals surface area contributed by atoms with Gasteiger partial charge in [0, 0.05) is 19.3 Å². The summed E-state index contributed by atoms with van der Waals surface area (Å²) in [5.41, 5.74) is 2.31. The quantitative estimate of drug-likeness (QED) is 0.716. The number of nitrogens with one attached hydrogen (secondary N) is 1. The highest BCUT2D eigenvalue weighted by Crippen LogP contribution is 2.28. The minimum absolute atomic E-state index is 0.112. The standard InChI is InChI=1S/C21H20N4O3S/c1-14-18(29-20(23-14)17-8-4-5-9-22-17)19(26)24-16-7-3-2-6-15(16)21(27)25-10-12-28-13-11-25/h2-9H,10-13H2,1H3,(H,24,26). The Morgan fingerprint density at radius 1 is 1.10 bits per heavy atom. The maximum absolute atomic E-state index is 12.9. The highest BCUT2D eigenvalue weighted by molar-refractivity contribution is 7.17. The number of amides is 2. The maximum atomic E-state index is 12.9. The lowest BCUT2D eigenvalue weighted by molar-refractivity contribution is 0.0303. The summed E-state index contributed by atoms with van der Waals surface area (Å²) in [6.45, 7) is 3.93. The first kappa shape index (κ1) is 19.2. The molecular formula is C21H20N4O3S. The molecule has 148 valence electrons. The minimum Gasteiger partial charge on any atom is -0.378 e. The van der Waals surface area contributed by atoms with Crippen LogP contribution < -0.4 is 5.32 Å². The van der Waals surface area contributed by atoms with E-state index in [1.54, 1.807) is 42.3 Å². The summed E-state index contributed by atoms with van der Waals surface area (Å²) >= 11 is 1.28. The zero-order chi connectivity index (χ0) is 20.2. The van der Waals surface area contributed by atoms with Crippen LogP contribution in [0.3, 0.4) is 0 Å². The number of nitrogens with zero attached hydrogens (tertiary/aromatic N) is 3. The Hall–Kier alpha value is -3.10. The third-order valence-electron chi connectivity index (χ3n) is 4.59. The lowest BCUT2D eigenvalue weighted by atomic mass is 10.1. The second-order valence-electron chi connectivity index (χ2n) is 6.55. The summed E-state index contributed by atoms with van der Waals surface area (Å²) in [6.07, 6.45) is 1.69. The molecule has 7 nitrogen and oxygen atoms in total. The molecule has 2 aromatic heterocycles. The highest BCUT2D eigenvalue weighted by atomic mass is 32.1. The number of morpholine rings is 1. The molecule has 1 aliphatic rings. The van der Waals surface area contributed by atoms with E-state index in [4.69, 9.17) is 4.74 Å². The van der Waals surface area contributed by atoms with Crippen molar-refractivity contribution in [3.8, 4) is 10.7 Å². The van der Waals surface area contributed by atoms with Gasteiger partial charge in [-0.3, -0.25) is 14.6 Å². The number of aromatic nitrogens is 2. The zero-order valence-electron chi connectivity index (χ0n) is 15.9. The van der Waals surface area contributed by atoms with Crippen LogP contribution in [0.25, 0.3) is 10.7 Å². The van der Waals surface area contributed by atoms with Gasteiger partial charge < -0.3 is 15.0 Å². The molecule has 1 aromatic carbocycles. The fraction of sp³-hybridized carbons (Fsp3) is 0.238. The van der Waals surface area contributed by atoms with Crippen LogP contribution in [0.1, 0.15) is 25.7 Å². The van der Waals surface area contributed by atoms with Crippen molar-refractivity contribution in [3.63, 3.8) is 0 Å². The molecule has 1 fully saturated rings. The largest absolute Gasteiger partial charge is 0.378 e. The van der Waals surface area contributed by atoms with E-state index in [0.29, 0.717) is 53.1 Å². The molecule has 0 spiro atoms. The van der Waals surface area contributed by atoms with E-state index in [0.717, 1.165) is 5.69 Å². The Bertz CT molecular complexity index is 1030. The Morgan fingerprint density at radius 3 is 2.62 bits per heavy atom. The van der Waals surface area contributed by atoms with E-state index < -0.39 is 0 Å². The average molecular weight is 408 g/mol. The number of anilines is 1. The summed E-state index contributed by atoms with van der Waals surface area (Å²) in [6, 6.07) is 12.6. The van der Waals surface area contributed by atoms with Gasteiger partial charge in [-0.2, -0.15) is 0 Å². The first-order chi connectivity index (χ1) is 14.1. The molecule has 29 heavy (non-hydrogen) atoms. The van der Waals surface area contributed by atoms with Crippen molar-refractivity contribution in [1.82, 2.24) is 14.9 Å². The zero-order valence-corrected chi connectivity index (χ0v) is 16.7. The van der Waals surface area contributed by atoms with E-state index >= 15 is 0 Å². The summed E-state index contributed by atoms with van der Waals surface area (Å²) in [5.74, 6) is -0.399. The predicted molar refractivity (Wildman–Crippen MR) is 111 cm³/mol. The second kappa shape index (κ2) is 8.50. The van der Waals surface area contributed by atoms with Crippen LogP contribution in [0.4, 0.5) is 5.69 Å². The molecule has 0 unspecified atom stereocenters. The third kappa shape index (κ3) is 4.18. The van der Waals surface area contributed by atoms with Gasteiger partial charge in [0.2, 0.25) is 0 Å². The van der Waals surface area contributed by atoms with Crippen LogP contribution in [0.15, 0.2) is 48.7 Å². The molecule has 0 aliphatic carbocycles. The average Bonchev–Trinajstić information content (AvgIpc) is 3.17. The number of ether oxygens (including phenoxy) is 1. The molecule has 2 amide bonds. The molecule has 3 heterocycles. The number of thiazole rings is 1. The monoisotopic (exact) mass is 408 g/mol. The highest BCUT2D eigenvalue weighted by Gasteiger charge is 2.23. The molecule has 1 N–H and O–H groups in total. The molecule has 0 bridgehead atoms. The van der Waals surface area contributed by atoms with Gasteiger partial charge in [0.05, 0.1) is 35.9 Å². The van der Waals surface area contributed by atoms with Crippen LogP contribution >= 0.6 is 11.3 Å². The van der Waals surface area contributed by atoms with Crippen LogP contribution in [0, 0.1) is 6.92 Å². The van der Waals surface area contributed by atoms with Crippen molar-refractivity contribution < 1.29 is 14.3 Å². The van der Waals surface area contributed by atoms with Gasteiger partial charge >= 0.3 is 0 Å². The molecule has 0 saturated carbocycles. The first-order valence-electron chi connectivity index (χ1n) is 9.29. The molecule has 3 aromatic rings. The fourth-order valence-electron chi connectivity index (χ4n) is 3.10. The smallest absolute Gasteiger partial charge is 0.267 e. The SMILES string of the molecule is Cc1nc(-c2ccccn2)sc1C(=O)Nc1ccccc1C(=O)N1CCOCC1. The van der Waals surface area contributed by atoms with Crippen LogP contribution in [0.5, 0.6) is 0 Å². The molecule has 1 saturated heterocycles. The number of carbonyl (C=O) groups excluding carboxylic acids is 2. The molecular weight excluding hydrogens is 388 g/mol. The molecule has 8 heteroatoms. The van der Waals surface area contributed by atoms with Crippen molar-refractivity contribution in [2.75, 3.05) is 31.6 Å². The number of hydrogen-bond acceptors (Lipinski definition) is 6. The number of hydrogen-bond donors (Lipinski definition) is 1. The fourth-order valence-corrected chi connectivity index (χ4v) is 4.04. The Labute approximate surface area is 172 Å². The molecule has 1 aliphatic heterocycles. The van der Waals surface area contributed by atoms with Crippen molar-refractivity contribution in [2.45, 2.75) is 6.92 Å². The number of carbonyl (C=O) groups is 2. The van der Waals surface area contributed by atoms with Gasteiger partial charge in [-0.25, -0.2) is 4.98 Å². The van der Waals surface area contributed by atoms with E-state index in [1.807, 2.05) is 18.2 Å². The number of benzene rings is 1. The van der Waals surface area contributed by atoms with E-state index in [2.05, 4.69) is 15.3 Å². The number of pyridine rings is 1. The second-order valence-corrected chi connectivity index (χ2v) is 7.55. The van der Waals surface area contributed by atoms with E-state index in [9.17, 15) is 9.59 Å². The van der Waals surface area contributed by atoms with Gasteiger partial charge in [-0.1, -0.05) is 18.2 Å². The van der Waals surface area contributed by atoms with Crippen molar-refractivity contribution >= 4 is 28.8 Å². The Morgan fingerprint density at radius 2 is 1.86 bits per heavy atom. The van der Waals surface area contributed by atoms with Crippen molar-refractivity contribution in [1.29, 1.82) is 0 Å². The lowest BCUT2D eigenvalue weighted by Gasteiger charge is -2.27. The van der Waals surface area contributed by atoms with Crippen LogP contribution in [-0.2, 0) is 4.74 Å². The van der Waals surface area contributed by atoms with Crippen molar-refractivity contribution in [2.24, 2.45) is 0 Å². The topological polar surface area (TPSA) is 84.4 Å². The van der Waals surface area contributed by atoms with Gasteiger partial charge in [0.1, 0.15) is 9.88 Å². The maximum Gasteiger partial charge on any atom is 0.267 e.